The first-order chi connectivity index (χ1) is 12.6. The Morgan fingerprint density at radius 2 is 1.85 bits per heavy atom. The topological polar surface area (TPSA) is 77.8 Å². The molecule has 0 aliphatic carbocycles. The SMILES string of the molecule is COC(=O)c1ccc(-c2cnccc2Oc2ccc(N=O)cc2F)cc1. The molecule has 3 aromatic rings. The van der Waals surface area contributed by atoms with Crippen molar-refractivity contribution in [1.29, 1.82) is 0 Å². The predicted octanol–water partition coefficient (Wildman–Crippen LogP) is 4.86. The van der Waals surface area contributed by atoms with Gasteiger partial charge in [0, 0.05) is 24.0 Å². The molecular formula is C19H13FN2O4. The van der Waals surface area contributed by atoms with E-state index in [1.165, 1.54) is 25.4 Å². The minimum atomic E-state index is -0.703. The van der Waals surface area contributed by atoms with E-state index in [9.17, 15) is 14.1 Å². The number of hydrogen-bond donors (Lipinski definition) is 0. The van der Waals surface area contributed by atoms with E-state index in [0.29, 0.717) is 16.9 Å². The van der Waals surface area contributed by atoms with E-state index in [2.05, 4.69) is 14.9 Å². The molecule has 0 saturated carbocycles. The largest absolute Gasteiger partial charge is 0.465 e. The number of pyridine rings is 1. The molecule has 2 aromatic carbocycles. The first-order valence-corrected chi connectivity index (χ1v) is 7.56. The number of methoxy groups -OCH3 is 1. The Hall–Kier alpha value is -3.61. The number of rotatable bonds is 5. The summed E-state index contributed by atoms with van der Waals surface area (Å²) >= 11 is 0. The van der Waals surface area contributed by atoms with Crippen molar-refractivity contribution in [2.75, 3.05) is 7.11 Å². The molecule has 0 unspecified atom stereocenters. The van der Waals surface area contributed by atoms with Crippen molar-refractivity contribution in [2.24, 2.45) is 5.18 Å². The van der Waals surface area contributed by atoms with E-state index in [-0.39, 0.29) is 11.4 Å². The minimum absolute atomic E-state index is 0.0248. The van der Waals surface area contributed by atoms with Crippen molar-refractivity contribution in [2.45, 2.75) is 0 Å². The Morgan fingerprint density at radius 1 is 1.08 bits per heavy atom. The number of hydrogen-bond acceptors (Lipinski definition) is 6. The maximum atomic E-state index is 14.0. The highest BCUT2D eigenvalue weighted by Gasteiger charge is 2.12. The molecule has 0 radical (unpaired) electrons. The van der Waals surface area contributed by atoms with Crippen LogP contribution >= 0.6 is 0 Å². The summed E-state index contributed by atoms with van der Waals surface area (Å²) in [5.41, 5.74) is 1.72. The van der Waals surface area contributed by atoms with Gasteiger partial charge in [-0.3, -0.25) is 4.98 Å². The van der Waals surface area contributed by atoms with E-state index >= 15 is 0 Å². The van der Waals surface area contributed by atoms with Crippen LogP contribution in [-0.2, 0) is 4.74 Å². The lowest BCUT2D eigenvalue weighted by Gasteiger charge is -2.12. The number of nitroso groups, excluding NO2 is 1. The average molecular weight is 352 g/mol. The normalized spacial score (nSPS) is 10.2. The fraction of sp³-hybridized carbons (Fsp3) is 0.0526. The number of benzene rings is 2. The molecule has 0 amide bonds. The van der Waals surface area contributed by atoms with Gasteiger partial charge in [-0.15, -0.1) is 4.91 Å². The van der Waals surface area contributed by atoms with Crippen LogP contribution in [0, 0.1) is 10.7 Å². The smallest absolute Gasteiger partial charge is 0.337 e. The molecule has 3 rings (SSSR count). The summed E-state index contributed by atoms with van der Waals surface area (Å²) in [7, 11) is 1.31. The summed E-state index contributed by atoms with van der Waals surface area (Å²) in [6.07, 6.45) is 3.09. The number of halogens is 1. The van der Waals surface area contributed by atoms with Crippen LogP contribution < -0.4 is 4.74 Å². The van der Waals surface area contributed by atoms with Gasteiger partial charge in [-0.25, -0.2) is 9.18 Å². The zero-order chi connectivity index (χ0) is 18.5. The molecule has 0 N–H and O–H groups in total. The first-order valence-electron chi connectivity index (χ1n) is 7.56. The molecule has 0 bridgehead atoms. The van der Waals surface area contributed by atoms with Gasteiger partial charge >= 0.3 is 5.97 Å². The van der Waals surface area contributed by atoms with Gasteiger partial charge in [0.2, 0.25) is 0 Å². The standard InChI is InChI=1S/C19H13FN2O4/c1-25-19(23)13-4-2-12(3-5-13)15-11-21-9-8-17(15)26-18-7-6-14(22-24)10-16(18)20/h2-11H,1H3. The van der Waals surface area contributed by atoms with Gasteiger partial charge in [0.1, 0.15) is 11.4 Å². The van der Waals surface area contributed by atoms with Crippen LogP contribution in [0.5, 0.6) is 11.5 Å². The molecule has 6 nitrogen and oxygen atoms in total. The van der Waals surface area contributed by atoms with E-state index in [1.807, 2.05) is 0 Å². The van der Waals surface area contributed by atoms with Gasteiger partial charge in [0.25, 0.3) is 0 Å². The second kappa shape index (κ2) is 7.52. The number of nitrogens with zero attached hydrogens (tertiary/aromatic N) is 2. The van der Waals surface area contributed by atoms with Crippen molar-refractivity contribution in [1.82, 2.24) is 4.98 Å². The van der Waals surface area contributed by atoms with E-state index in [1.54, 1.807) is 36.5 Å². The molecule has 0 aliphatic heterocycles. The lowest BCUT2D eigenvalue weighted by molar-refractivity contribution is 0.0601. The van der Waals surface area contributed by atoms with Crippen molar-refractivity contribution in [3.8, 4) is 22.6 Å². The van der Waals surface area contributed by atoms with Gasteiger partial charge in [-0.05, 0) is 41.1 Å². The number of carbonyl (C=O) groups excluding carboxylic acids is 1. The van der Waals surface area contributed by atoms with E-state index < -0.39 is 11.8 Å². The fourth-order valence-corrected chi connectivity index (χ4v) is 2.34. The summed E-state index contributed by atoms with van der Waals surface area (Å²) in [4.78, 5) is 26.1. The third-order valence-corrected chi connectivity index (χ3v) is 3.64. The predicted molar refractivity (Wildman–Crippen MR) is 92.9 cm³/mol. The molecule has 26 heavy (non-hydrogen) atoms. The molecule has 0 fully saturated rings. The molecule has 130 valence electrons. The van der Waals surface area contributed by atoms with Crippen LogP contribution in [0.2, 0.25) is 0 Å². The Labute approximate surface area is 148 Å². The highest BCUT2D eigenvalue weighted by Crippen LogP contribution is 2.34. The second-order valence-corrected chi connectivity index (χ2v) is 5.25. The van der Waals surface area contributed by atoms with E-state index in [0.717, 1.165) is 11.6 Å². The van der Waals surface area contributed by atoms with Crippen molar-refractivity contribution in [3.63, 3.8) is 0 Å². The molecule has 1 heterocycles. The number of carbonyl (C=O) groups is 1. The van der Waals surface area contributed by atoms with Crippen LogP contribution in [0.25, 0.3) is 11.1 Å². The van der Waals surface area contributed by atoms with Gasteiger partial charge in [0.15, 0.2) is 11.6 Å². The lowest BCUT2D eigenvalue weighted by atomic mass is 10.0. The molecule has 0 saturated heterocycles. The van der Waals surface area contributed by atoms with Gasteiger partial charge in [-0.2, -0.15) is 0 Å². The van der Waals surface area contributed by atoms with Crippen molar-refractivity contribution in [3.05, 3.63) is 77.2 Å². The van der Waals surface area contributed by atoms with E-state index in [4.69, 9.17) is 4.74 Å². The summed E-state index contributed by atoms with van der Waals surface area (Å²) in [6, 6.07) is 11.9. The van der Waals surface area contributed by atoms with Gasteiger partial charge in [0.05, 0.1) is 12.7 Å². The zero-order valence-electron chi connectivity index (χ0n) is 13.7. The molecule has 7 heteroatoms. The van der Waals surface area contributed by atoms with Gasteiger partial charge < -0.3 is 9.47 Å². The minimum Gasteiger partial charge on any atom is -0.465 e. The lowest BCUT2D eigenvalue weighted by Crippen LogP contribution is -2.00. The van der Waals surface area contributed by atoms with Crippen LogP contribution in [0.1, 0.15) is 10.4 Å². The Morgan fingerprint density at radius 3 is 2.50 bits per heavy atom. The Bertz CT molecular complexity index is 958. The van der Waals surface area contributed by atoms with Crippen LogP contribution in [0.3, 0.4) is 0 Å². The van der Waals surface area contributed by atoms with Crippen molar-refractivity contribution < 1.29 is 18.7 Å². The highest BCUT2D eigenvalue weighted by molar-refractivity contribution is 5.90. The number of aromatic nitrogens is 1. The molecule has 1 aromatic heterocycles. The van der Waals surface area contributed by atoms with Gasteiger partial charge in [-0.1, -0.05) is 12.1 Å². The first kappa shape index (κ1) is 17.2. The monoisotopic (exact) mass is 352 g/mol. The van der Waals surface area contributed by atoms with Crippen LogP contribution in [0.4, 0.5) is 10.1 Å². The fourth-order valence-electron chi connectivity index (χ4n) is 2.34. The number of ether oxygens (including phenoxy) is 2. The third kappa shape index (κ3) is 3.56. The van der Waals surface area contributed by atoms with Crippen molar-refractivity contribution >= 4 is 11.7 Å². The average Bonchev–Trinajstić information content (AvgIpc) is 2.69. The summed E-state index contributed by atoms with van der Waals surface area (Å²) in [6.45, 7) is 0. The summed E-state index contributed by atoms with van der Waals surface area (Å²) < 4.78 is 24.4. The highest BCUT2D eigenvalue weighted by atomic mass is 19.1. The second-order valence-electron chi connectivity index (χ2n) is 5.25. The number of esters is 1. The maximum Gasteiger partial charge on any atom is 0.337 e. The Balaban J connectivity index is 1.93. The zero-order valence-corrected chi connectivity index (χ0v) is 13.7. The quantitative estimate of drug-likeness (QED) is 0.484. The Kier molecular flexibility index (Phi) is 4.98. The van der Waals surface area contributed by atoms with Crippen LogP contribution in [-0.4, -0.2) is 18.1 Å². The molecule has 0 spiro atoms. The maximum absolute atomic E-state index is 14.0. The summed E-state index contributed by atoms with van der Waals surface area (Å²) in [5.74, 6) is -0.816. The molecule has 0 atom stereocenters. The molecular weight excluding hydrogens is 339 g/mol. The molecule has 0 aliphatic rings. The summed E-state index contributed by atoms with van der Waals surface area (Å²) in [5, 5.41) is 2.68. The van der Waals surface area contributed by atoms with Crippen LogP contribution in [0.15, 0.2) is 66.1 Å². The third-order valence-electron chi connectivity index (χ3n) is 3.64.